The lowest BCUT2D eigenvalue weighted by atomic mass is 10.2. The summed E-state index contributed by atoms with van der Waals surface area (Å²) in [4.78, 5) is 16.8. The van der Waals surface area contributed by atoms with E-state index < -0.39 is 0 Å². The molecule has 0 aliphatic heterocycles. The molecule has 6 heteroatoms. The predicted molar refractivity (Wildman–Crippen MR) is 118 cm³/mol. The molecule has 0 saturated carbocycles. The molecule has 2 aromatic rings. The van der Waals surface area contributed by atoms with Crippen LogP contribution in [0.4, 0.5) is 0 Å². The van der Waals surface area contributed by atoms with Crippen molar-refractivity contribution in [3.05, 3.63) is 71.8 Å². The number of nitrogens with one attached hydrogen (secondary N) is 1. The molecule has 1 amide bonds. The molecule has 0 saturated heterocycles. The van der Waals surface area contributed by atoms with E-state index in [-0.39, 0.29) is 30.7 Å². The number of amides is 1. The highest BCUT2D eigenvalue weighted by Gasteiger charge is 2.14. The van der Waals surface area contributed by atoms with E-state index in [0.717, 1.165) is 19.6 Å². The zero-order valence-corrected chi connectivity index (χ0v) is 17.8. The molecule has 0 aromatic heterocycles. The summed E-state index contributed by atoms with van der Waals surface area (Å²) < 4.78 is 0. The van der Waals surface area contributed by atoms with Crippen molar-refractivity contribution in [3.8, 4) is 0 Å². The summed E-state index contributed by atoms with van der Waals surface area (Å²) in [5, 5.41) is 3.06. The zero-order chi connectivity index (χ0) is 17.9. The van der Waals surface area contributed by atoms with E-state index in [1.807, 2.05) is 36.2 Å². The molecular weight excluding hydrogens is 381 g/mol. The number of benzene rings is 2. The molecular formula is C21H31Cl2N3O. The van der Waals surface area contributed by atoms with Gasteiger partial charge in [0, 0.05) is 39.1 Å². The first-order chi connectivity index (χ1) is 12.2. The Morgan fingerprint density at radius 1 is 0.852 bits per heavy atom. The Labute approximate surface area is 175 Å². The zero-order valence-electron chi connectivity index (χ0n) is 16.1. The Bertz CT molecular complexity index is 626. The van der Waals surface area contributed by atoms with Gasteiger partial charge in [-0.15, -0.1) is 24.8 Å². The highest BCUT2D eigenvalue weighted by Crippen LogP contribution is 2.08. The van der Waals surface area contributed by atoms with Crippen LogP contribution in [0.25, 0.3) is 0 Å². The molecule has 0 bridgehead atoms. The Hall–Kier alpha value is -1.59. The second kappa shape index (κ2) is 14.5. The number of halogens is 2. The maximum atomic E-state index is 12.5. The minimum atomic E-state index is 0. The fourth-order valence-electron chi connectivity index (χ4n) is 2.75. The molecule has 2 rings (SSSR count). The van der Waals surface area contributed by atoms with Gasteiger partial charge < -0.3 is 15.1 Å². The summed E-state index contributed by atoms with van der Waals surface area (Å²) in [6, 6.07) is 20.6. The van der Waals surface area contributed by atoms with Gasteiger partial charge in [0.05, 0.1) is 0 Å². The first-order valence-electron chi connectivity index (χ1n) is 8.88. The number of carbonyl (C=O) groups excluding carboxylic acids is 1. The predicted octanol–water partition coefficient (Wildman–Crippen LogP) is 3.60. The third-order valence-corrected chi connectivity index (χ3v) is 4.20. The number of nitrogens with zero attached hydrogens (tertiary/aromatic N) is 2. The van der Waals surface area contributed by atoms with Crippen molar-refractivity contribution in [1.29, 1.82) is 0 Å². The molecule has 27 heavy (non-hydrogen) atoms. The average molecular weight is 412 g/mol. The lowest BCUT2D eigenvalue weighted by Gasteiger charge is -2.26. The monoisotopic (exact) mass is 411 g/mol. The number of carbonyl (C=O) groups is 1. The molecule has 0 aliphatic rings. The van der Waals surface area contributed by atoms with Crippen LogP contribution >= 0.6 is 24.8 Å². The Morgan fingerprint density at radius 3 is 1.89 bits per heavy atom. The van der Waals surface area contributed by atoms with Crippen LogP contribution < -0.4 is 5.32 Å². The van der Waals surface area contributed by atoms with Crippen LogP contribution in [-0.4, -0.2) is 49.4 Å². The first-order valence-corrected chi connectivity index (χ1v) is 8.88. The Morgan fingerprint density at radius 2 is 1.37 bits per heavy atom. The first kappa shape index (κ1) is 25.4. The van der Waals surface area contributed by atoms with Crippen LogP contribution in [-0.2, 0) is 17.9 Å². The van der Waals surface area contributed by atoms with E-state index in [4.69, 9.17) is 0 Å². The van der Waals surface area contributed by atoms with Crippen molar-refractivity contribution in [2.45, 2.75) is 19.5 Å². The minimum Gasteiger partial charge on any atom is -0.337 e. The van der Waals surface area contributed by atoms with Crippen LogP contribution in [0.5, 0.6) is 0 Å². The van der Waals surface area contributed by atoms with Crippen molar-refractivity contribution in [2.75, 3.05) is 33.7 Å². The van der Waals surface area contributed by atoms with Crippen LogP contribution in [0.2, 0.25) is 0 Å². The van der Waals surface area contributed by atoms with Gasteiger partial charge in [0.2, 0.25) is 5.91 Å². The third-order valence-electron chi connectivity index (χ3n) is 4.20. The molecule has 1 N–H and O–H groups in total. The van der Waals surface area contributed by atoms with Gasteiger partial charge in [-0.1, -0.05) is 60.7 Å². The van der Waals surface area contributed by atoms with Crippen LogP contribution in [0.1, 0.15) is 17.5 Å². The van der Waals surface area contributed by atoms with Crippen molar-refractivity contribution in [3.63, 3.8) is 0 Å². The van der Waals surface area contributed by atoms with Gasteiger partial charge in [-0.25, -0.2) is 0 Å². The smallest absolute Gasteiger partial charge is 0.224 e. The van der Waals surface area contributed by atoms with Gasteiger partial charge in [-0.2, -0.15) is 0 Å². The lowest BCUT2D eigenvalue weighted by molar-refractivity contribution is -0.131. The topological polar surface area (TPSA) is 35.6 Å². The highest BCUT2D eigenvalue weighted by molar-refractivity contribution is 5.85. The lowest BCUT2D eigenvalue weighted by Crippen LogP contribution is -2.38. The van der Waals surface area contributed by atoms with Gasteiger partial charge in [-0.05, 0) is 25.2 Å². The Kier molecular flexibility index (Phi) is 13.6. The van der Waals surface area contributed by atoms with E-state index in [9.17, 15) is 4.79 Å². The largest absolute Gasteiger partial charge is 0.337 e. The third kappa shape index (κ3) is 9.78. The van der Waals surface area contributed by atoms with E-state index in [2.05, 4.69) is 53.7 Å². The second-order valence-electron chi connectivity index (χ2n) is 6.38. The van der Waals surface area contributed by atoms with E-state index in [0.29, 0.717) is 19.5 Å². The Balaban J connectivity index is 0.00000338. The van der Waals surface area contributed by atoms with Crippen LogP contribution in [0, 0.1) is 0 Å². The molecule has 0 heterocycles. The summed E-state index contributed by atoms with van der Waals surface area (Å²) in [6.07, 6.45) is 0.533. The number of hydrogen-bond acceptors (Lipinski definition) is 3. The van der Waals surface area contributed by atoms with Crippen LogP contribution in [0.3, 0.4) is 0 Å². The van der Waals surface area contributed by atoms with E-state index in [1.54, 1.807) is 0 Å². The van der Waals surface area contributed by atoms with Gasteiger partial charge in [0.1, 0.15) is 0 Å². The molecule has 2 aromatic carbocycles. The average Bonchev–Trinajstić information content (AvgIpc) is 2.64. The van der Waals surface area contributed by atoms with Gasteiger partial charge >= 0.3 is 0 Å². The van der Waals surface area contributed by atoms with Crippen molar-refractivity contribution >= 4 is 30.7 Å². The van der Waals surface area contributed by atoms with Gasteiger partial charge in [0.25, 0.3) is 0 Å². The second-order valence-corrected chi connectivity index (χ2v) is 6.38. The molecule has 0 fully saturated rings. The standard InChI is InChI=1S/C21H29N3O.2ClH/c1-22-14-13-21(25)24(18-20-11-7-4-8-12-20)16-15-23(2)17-19-9-5-3-6-10-19;;/h3-12,22H,13-18H2,1-2H3;2*1H. The van der Waals surface area contributed by atoms with Gasteiger partial charge in [-0.3, -0.25) is 4.79 Å². The van der Waals surface area contributed by atoms with Crippen molar-refractivity contribution in [2.24, 2.45) is 0 Å². The van der Waals surface area contributed by atoms with E-state index >= 15 is 0 Å². The number of rotatable bonds is 10. The number of hydrogen-bond donors (Lipinski definition) is 1. The molecule has 0 atom stereocenters. The van der Waals surface area contributed by atoms with Gasteiger partial charge in [0.15, 0.2) is 0 Å². The summed E-state index contributed by atoms with van der Waals surface area (Å²) in [5.74, 6) is 0.200. The summed E-state index contributed by atoms with van der Waals surface area (Å²) in [7, 11) is 3.98. The maximum Gasteiger partial charge on any atom is 0.224 e. The normalized spacial score (nSPS) is 10.0. The molecule has 0 unspecified atom stereocenters. The quantitative estimate of drug-likeness (QED) is 0.648. The highest BCUT2D eigenvalue weighted by atomic mass is 35.5. The SMILES string of the molecule is CNCCC(=O)N(CCN(C)Cc1ccccc1)Cc1ccccc1.Cl.Cl. The summed E-state index contributed by atoms with van der Waals surface area (Å²) in [5.41, 5.74) is 2.46. The fourth-order valence-corrected chi connectivity index (χ4v) is 2.75. The van der Waals surface area contributed by atoms with Crippen molar-refractivity contribution in [1.82, 2.24) is 15.1 Å². The summed E-state index contributed by atoms with van der Waals surface area (Å²) in [6.45, 7) is 3.87. The maximum absolute atomic E-state index is 12.5. The molecule has 150 valence electrons. The van der Waals surface area contributed by atoms with Crippen molar-refractivity contribution < 1.29 is 4.79 Å². The fraction of sp³-hybridized carbons (Fsp3) is 0.381. The van der Waals surface area contributed by atoms with Crippen LogP contribution in [0.15, 0.2) is 60.7 Å². The number of likely N-dealkylation sites (N-methyl/N-ethyl adjacent to an activating group) is 1. The molecule has 0 aliphatic carbocycles. The summed E-state index contributed by atoms with van der Waals surface area (Å²) >= 11 is 0. The molecule has 0 radical (unpaired) electrons. The minimum absolute atomic E-state index is 0. The molecule has 4 nitrogen and oxygen atoms in total. The van der Waals surface area contributed by atoms with E-state index in [1.165, 1.54) is 11.1 Å². The molecule has 0 spiro atoms.